The third kappa shape index (κ3) is 2.29. The van der Waals surface area contributed by atoms with E-state index in [-0.39, 0.29) is 0 Å². The number of hydrogen-bond donors (Lipinski definition) is 2. The van der Waals surface area contributed by atoms with Crippen molar-refractivity contribution in [3.05, 3.63) is 24.0 Å². The van der Waals surface area contributed by atoms with Crippen LogP contribution in [0.15, 0.2) is 18.3 Å². The van der Waals surface area contributed by atoms with Gasteiger partial charge in [-0.2, -0.15) is 0 Å². The number of nitrogens with one attached hydrogen (secondary N) is 2. The van der Waals surface area contributed by atoms with Crippen LogP contribution in [-0.4, -0.2) is 23.1 Å². The van der Waals surface area contributed by atoms with Crippen LogP contribution in [0.3, 0.4) is 0 Å². The largest absolute Gasteiger partial charge is 0.382 e. The third-order valence-electron chi connectivity index (χ3n) is 4.21. The van der Waals surface area contributed by atoms with E-state index in [4.69, 9.17) is 0 Å². The maximum Gasteiger partial charge on any atom is 0.0393 e. The van der Waals surface area contributed by atoms with Crippen molar-refractivity contribution in [1.29, 1.82) is 0 Å². The maximum absolute atomic E-state index is 4.24. The molecule has 17 heavy (non-hydrogen) atoms. The average molecular weight is 231 g/mol. The Labute approximate surface area is 103 Å². The molecule has 0 radical (unpaired) electrons. The van der Waals surface area contributed by atoms with Crippen molar-refractivity contribution in [2.45, 2.75) is 50.6 Å². The Morgan fingerprint density at radius 3 is 3.06 bits per heavy atom. The van der Waals surface area contributed by atoms with E-state index in [0.717, 1.165) is 12.2 Å². The van der Waals surface area contributed by atoms with Crippen molar-refractivity contribution in [2.75, 3.05) is 11.9 Å². The van der Waals surface area contributed by atoms with Gasteiger partial charge in [0, 0.05) is 29.2 Å². The van der Waals surface area contributed by atoms with Gasteiger partial charge in [0.2, 0.25) is 0 Å². The van der Waals surface area contributed by atoms with Gasteiger partial charge in [0.15, 0.2) is 0 Å². The fourth-order valence-corrected chi connectivity index (χ4v) is 3.14. The van der Waals surface area contributed by atoms with Crippen LogP contribution in [0.1, 0.15) is 37.8 Å². The first-order valence-electron chi connectivity index (χ1n) is 6.70. The zero-order valence-corrected chi connectivity index (χ0v) is 10.5. The number of anilines is 1. The molecule has 1 aliphatic carbocycles. The fourth-order valence-electron chi connectivity index (χ4n) is 3.14. The Kier molecular flexibility index (Phi) is 2.79. The maximum atomic E-state index is 4.24. The number of aromatic nitrogens is 1. The minimum Gasteiger partial charge on any atom is -0.382 e. The summed E-state index contributed by atoms with van der Waals surface area (Å²) in [5.74, 6) is 0. The Morgan fingerprint density at radius 2 is 2.35 bits per heavy atom. The van der Waals surface area contributed by atoms with E-state index in [1.165, 1.54) is 37.8 Å². The molecule has 2 fully saturated rings. The molecule has 1 aromatic rings. The summed E-state index contributed by atoms with van der Waals surface area (Å²) in [7, 11) is 0. The molecule has 3 heteroatoms. The van der Waals surface area contributed by atoms with Gasteiger partial charge in [-0.05, 0) is 57.7 Å². The Bertz CT molecular complexity index is 398. The highest BCUT2D eigenvalue weighted by Crippen LogP contribution is 2.38. The van der Waals surface area contributed by atoms with Crippen LogP contribution in [0.25, 0.3) is 0 Å². The topological polar surface area (TPSA) is 37.0 Å². The smallest absolute Gasteiger partial charge is 0.0393 e. The molecule has 2 heterocycles. The molecule has 0 amide bonds. The number of rotatable bonds is 2. The van der Waals surface area contributed by atoms with Crippen molar-refractivity contribution in [1.82, 2.24) is 10.3 Å². The normalized spacial score (nSPS) is 26.5. The number of piperidine rings is 1. The van der Waals surface area contributed by atoms with Crippen molar-refractivity contribution in [2.24, 2.45) is 0 Å². The second-order valence-electron chi connectivity index (χ2n) is 5.58. The standard InChI is InChI=1S/C14H21N3/c1-11-9-12(3-7-15-11)17-13-4-8-16-14(10-13)5-2-6-14/h3,7,9,13,16H,2,4-6,8,10H2,1H3,(H,15,17). The quantitative estimate of drug-likeness (QED) is 0.821. The Hall–Kier alpha value is -1.09. The summed E-state index contributed by atoms with van der Waals surface area (Å²) in [6.45, 7) is 3.20. The summed E-state index contributed by atoms with van der Waals surface area (Å²) in [6, 6.07) is 4.83. The zero-order valence-electron chi connectivity index (χ0n) is 10.5. The van der Waals surface area contributed by atoms with Crippen LogP contribution in [0, 0.1) is 6.92 Å². The van der Waals surface area contributed by atoms with E-state index in [1.54, 1.807) is 0 Å². The van der Waals surface area contributed by atoms with Crippen LogP contribution in [-0.2, 0) is 0 Å². The first kappa shape index (κ1) is 11.0. The molecule has 1 spiro atoms. The third-order valence-corrected chi connectivity index (χ3v) is 4.21. The van der Waals surface area contributed by atoms with Crippen LogP contribution in [0.2, 0.25) is 0 Å². The lowest BCUT2D eigenvalue weighted by molar-refractivity contribution is 0.135. The van der Waals surface area contributed by atoms with Gasteiger partial charge >= 0.3 is 0 Å². The monoisotopic (exact) mass is 231 g/mol. The molecule has 3 rings (SSSR count). The van der Waals surface area contributed by atoms with Gasteiger partial charge in [-0.3, -0.25) is 4.98 Å². The lowest BCUT2D eigenvalue weighted by atomic mass is 9.70. The SMILES string of the molecule is Cc1cc(NC2CCNC3(CCC3)C2)ccn1. The molecule has 2 N–H and O–H groups in total. The molecular weight excluding hydrogens is 210 g/mol. The summed E-state index contributed by atoms with van der Waals surface area (Å²) in [6.07, 6.45) is 8.50. The Morgan fingerprint density at radius 1 is 1.47 bits per heavy atom. The highest BCUT2D eigenvalue weighted by atomic mass is 15.0. The molecule has 1 unspecified atom stereocenters. The van der Waals surface area contributed by atoms with Crippen molar-refractivity contribution in [3.8, 4) is 0 Å². The van der Waals surface area contributed by atoms with Gasteiger partial charge in [0.05, 0.1) is 0 Å². The van der Waals surface area contributed by atoms with E-state index >= 15 is 0 Å². The second-order valence-corrected chi connectivity index (χ2v) is 5.58. The molecule has 1 aromatic heterocycles. The fraction of sp³-hybridized carbons (Fsp3) is 0.643. The van der Waals surface area contributed by atoms with E-state index in [9.17, 15) is 0 Å². The van der Waals surface area contributed by atoms with Gasteiger partial charge in [0.25, 0.3) is 0 Å². The molecule has 1 saturated heterocycles. The highest BCUT2D eigenvalue weighted by Gasteiger charge is 2.40. The summed E-state index contributed by atoms with van der Waals surface area (Å²) in [4.78, 5) is 4.24. The van der Waals surface area contributed by atoms with Crippen LogP contribution >= 0.6 is 0 Å². The minimum atomic E-state index is 0.470. The van der Waals surface area contributed by atoms with Crippen molar-refractivity contribution >= 4 is 5.69 Å². The predicted molar refractivity (Wildman–Crippen MR) is 70.2 cm³/mol. The van der Waals surface area contributed by atoms with E-state index in [1.807, 2.05) is 13.1 Å². The molecule has 0 bridgehead atoms. The van der Waals surface area contributed by atoms with Crippen LogP contribution in [0.4, 0.5) is 5.69 Å². The summed E-state index contributed by atoms with van der Waals surface area (Å²) in [5, 5.41) is 7.37. The van der Waals surface area contributed by atoms with Gasteiger partial charge in [-0.15, -0.1) is 0 Å². The molecule has 1 aliphatic heterocycles. The number of nitrogens with zero attached hydrogens (tertiary/aromatic N) is 1. The molecular formula is C14H21N3. The summed E-state index contributed by atoms with van der Waals surface area (Å²) < 4.78 is 0. The van der Waals surface area contributed by atoms with Crippen molar-refractivity contribution < 1.29 is 0 Å². The first-order chi connectivity index (χ1) is 8.26. The summed E-state index contributed by atoms with van der Waals surface area (Å²) >= 11 is 0. The zero-order chi connectivity index (χ0) is 11.7. The van der Waals surface area contributed by atoms with Crippen LogP contribution < -0.4 is 10.6 Å². The number of aryl methyl sites for hydroxylation is 1. The minimum absolute atomic E-state index is 0.470. The molecule has 2 aliphatic rings. The first-order valence-corrected chi connectivity index (χ1v) is 6.70. The molecule has 1 saturated carbocycles. The van der Waals surface area contributed by atoms with Gasteiger partial charge in [0.1, 0.15) is 0 Å². The molecule has 92 valence electrons. The van der Waals surface area contributed by atoms with Crippen molar-refractivity contribution in [3.63, 3.8) is 0 Å². The van der Waals surface area contributed by atoms with Gasteiger partial charge in [-0.1, -0.05) is 0 Å². The summed E-state index contributed by atoms with van der Waals surface area (Å²) in [5.41, 5.74) is 2.78. The number of hydrogen-bond acceptors (Lipinski definition) is 3. The van der Waals surface area contributed by atoms with E-state index < -0.39 is 0 Å². The Balaban J connectivity index is 1.65. The lowest BCUT2D eigenvalue weighted by Crippen LogP contribution is -2.58. The predicted octanol–water partition coefficient (Wildman–Crippen LogP) is 2.48. The van der Waals surface area contributed by atoms with Gasteiger partial charge in [-0.25, -0.2) is 0 Å². The van der Waals surface area contributed by atoms with Crippen LogP contribution in [0.5, 0.6) is 0 Å². The molecule has 1 atom stereocenters. The average Bonchev–Trinajstić information content (AvgIpc) is 2.27. The lowest BCUT2D eigenvalue weighted by Gasteiger charge is -2.48. The second kappa shape index (κ2) is 4.30. The number of pyridine rings is 1. The molecule has 0 aromatic carbocycles. The van der Waals surface area contributed by atoms with E-state index in [2.05, 4.69) is 27.8 Å². The molecule has 3 nitrogen and oxygen atoms in total. The van der Waals surface area contributed by atoms with E-state index in [0.29, 0.717) is 11.6 Å². The highest BCUT2D eigenvalue weighted by molar-refractivity contribution is 5.44. The van der Waals surface area contributed by atoms with Gasteiger partial charge < -0.3 is 10.6 Å².